The fraction of sp³-hybridized carbons (Fsp3) is 1.00. The predicted molar refractivity (Wildman–Crippen MR) is 77.8 cm³/mol. The van der Waals surface area contributed by atoms with E-state index in [4.69, 9.17) is 9.47 Å². The lowest BCUT2D eigenvalue weighted by molar-refractivity contribution is 0.0467. The highest BCUT2D eigenvalue weighted by Crippen LogP contribution is 1.88. The first-order valence-electron chi connectivity index (χ1n) is 7.22. The zero-order chi connectivity index (χ0) is 13.8. The molecule has 0 radical (unpaired) electrons. The van der Waals surface area contributed by atoms with Crippen LogP contribution in [0.4, 0.5) is 0 Å². The number of hydrogen-bond donors (Lipinski definition) is 1. The van der Waals surface area contributed by atoms with E-state index in [1.165, 1.54) is 6.42 Å². The van der Waals surface area contributed by atoms with Crippen LogP contribution in [-0.4, -0.2) is 40.0 Å². The first-order valence-corrected chi connectivity index (χ1v) is 7.22. The minimum Gasteiger partial charge on any atom is -0.379 e. The minimum absolute atomic E-state index is 0.736. The molecule has 0 aromatic carbocycles. The van der Waals surface area contributed by atoms with Crippen molar-refractivity contribution in [2.24, 2.45) is 0 Å². The van der Waals surface area contributed by atoms with E-state index >= 15 is 0 Å². The Hall–Kier alpha value is -0.120. The average molecular weight is 249 g/mol. The van der Waals surface area contributed by atoms with Crippen molar-refractivity contribution >= 4 is 0 Å². The number of nitrogens with one attached hydrogen (secondary N) is 1. The average Bonchev–Trinajstić information content (AvgIpc) is 2.42. The SMILES string of the molecule is CC.CC.CCCOCCOCCCCNC. The molecular formula is C14H35NO2. The summed E-state index contributed by atoms with van der Waals surface area (Å²) in [6, 6.07) is 0. The standard InChI is InChI=1S/C10H23NO2.2C2H6/c1-3-7-12-9-10-13-8-5-4-6-11-2;2*1-2/h11H,3-10H2,1-2H3;2*1-2H3. The summed E-state index contributed by atoms with van der Waals surface area (Å²) in [5.74, 6) is 0. The third-order valence-electron chi connectivity index (χ3n) is 1.69. The van der Waals surface area contributed by atoms with Gasteiger partial charge in [0.2, 0.25) is 0 Å². The summed E-state index contributed by atoms with van der Waals surface area (Å²) < 4.78 is 10.6. The Bertz CT molecular complexity index is 80.3. The van der Waals surface area contributed by atoms with Gasteiger partial charge in [0.1, 0.15) is 0 Å². The summed E-state index contributed by atoms with van der Waals surface area (Å²) in [6.45, 7) is 14.4. The van der Waals surface area contributed by atoms with Crippen LogP contribution in [0.1, 0.15) is 53.9 Å². The summed E-state index contributed by atoms with van der Waals surface area (Å²) in [5, 5.41) is 3.11. The van der Waals surface area contributed by atoms with E-state index in [-0.39, 0.29) is 0 Å². The van der Waals surface area contributed by atoms with E-state index in [2.05, 4.69) is 12.2 Å². The van der Waals surface area contributed by atoms with E-state index in [0.29, 0.717) is 0 Å². The second kappa shape index (κ2) is 29.7. The Labute approximate surface area is 109 Å². The second-order valence-electron chi connectivity index (χ2n) is 3.04. The molecule has 0 spiro atoms. The zero-order valence-corrected chi connectivity index (χ0v) is 13.0. The molecule has 0 atom stereocenters. The monoisotopic (exact) mass is 249 g/mol. The Morgan fingerprint density at radius 3 is 1.76 bits per heavy atom. The third-order valence-corrected chi connectivity index (χ3v) is 1.69. The second-order valence-corrected chi connectivity index (χ2v) is 3.04. The van der Waals surface area contributed by atoms with Crippen molar-refractivity contribution < 1.29 is 9.47 Å². The molecule has 0 unspecified atom stereocenters. The molecule has 0 rings (SSSR count). The van der Waals surface area contributed by atoms with E-state index in [0.717, 1.165) is 45.8 Å². The molecule has 0 saturated heterocycles. The van der Waals surface area contributed by atoms with Crippen molar-refractivity contribution in [3.05, 3.63) is 0 Å². The topological polar surface area (TPSA) is 30.5 Å². The van der Waals surface area contributed by atoms with Crippen molar-refractivity contribution in [1.29, 1.82) is 0 Å². The van der Waals surface area contributed by atoms with Gasteiger partial charge in [0, 0.05) is 13.2 Å². The Kier molecular flexibility index (Phi) is 38.6. The van der Waals surface area contributed by atoms with Crippen molar-refractivity contribution in [1.82, 2.24) is 5.32 Å². The molecule has 0 saturated carbocycles. The molecule has 0 bridgehead atoms. The predicted octanol–water partition coefficient (Wildman–Crippen LogP) is 3.48. The molecule has 0 aliphatic heterocycles. The van der Waals surface area contributed by atoms with Gasteiger partial charge >= 0.3 is 0 Å². The molecule has 0 fully saturated rings. The van der Waals surface area contributed by atoms with Gasteiger partial charge in [0.05, 0.1) is 13.2 Å². The zero-order valence-electron chi connectivity index (χ0n) is 13.0. The fourth-order valence-corrected chi connectivity index (χ4v) is 0.972. The normalized spacial score (nSPS) is 8.82. The van der Waals surface area contributed by atoms with Crippen LogP contribution < -0.4 is 5.32 Å². The molecule has 3 heteroatoms. The molecular weight excluding hydrogens is 214 g/mol. The molecule has 0 heterocycles. The van der Waals surface area contributed by atoms with E-state index in [1.54, 1.807) is 0 Å². The maximum atomic E-state index is 5.37. The van der Waals surface area contributed by atoms with Crippen molar-refractivity contribution in [3.63, 3.8) is 0 Å². The molecule has 0 aliphatic rings. The molecule has 0 aromatic heterocycles. The number of unbranched alkanes of at least 4 members (excludes halogenated alkanes) is 1. The smallest absolute Gasteiger partial charge is 0.0700 e. The first-order chi connectivity index (χ1) is 8.41. The van der Waals surface area contributed by atoms with Crippen molar-refractivity contribution in [3.8, 4) is 0 Å². The summed E-state index contributed by atoms with van der Waals surface area (Å²) in [4.78, 5) is 0. The van der Waals surface area contributed by atoms with Crippen LogP contribution in [0.25, 0.3) is 0 Å². The van der Waals surface area contributed by atoms with Crippen LogP contribution in [0.5, 0.6) is 0 Å². The van der Waals surface area contributed by atoms with Crippen molar-refractivity contribution in [2.75, 3.05) is 40.0 Å². The van der Waals surface area contributed by atoms with Gasteiger partial charge in [0.15, 0.2) is 0 Å². The van der Waals surface area contributed by atoms with Crippen LogP contribution in [0.2, 0.25) is 0 Å². The Morgan fingerprint density at radius 2 is 1.29 bits per heavy atom. The van der Waals surface area contributed by atoms with Gasteiger partial charge in [-0.15, -0.1) is 0 Å². The summed E-state index contributed by atoms with van der Waals surface area (Å²) in [5.41, 5.74) is 0. The molecule has 0 aliphatic carbocycles. The minimum atomic E-state index is 0.736. The summed E-state index contributed by atoms with van der Waals surface area (Å²) in [6.07, 6.45) is 3.41. The lowest BCUT2D eigenvalue weighted by atomic mass is 10.3. The largest absolute Gasteiger partial charge is 0.379 e. The highest BCUT2D eigenvalue weighted by Gasteiger charge is 1.89. The fourth-order valence-electron chi connectivity index (χ4n) is 0.972. The Morgan fingerprint density at radius 1 is 0.765 bits per heavy atom. The lowest BCUT2D eigenvalue weighted by Gasteiger charge is -2.04. The van der Waals surface area contributed by atoms with Crippen LogP contribution in [0, 0.1) is 0 Å². The van der Waals surface area contributed by atoms with Crippen LogP contribution >= 0.6 is 0 Å². The van der Waals surface area contributed by atoms with Gasteiger partial charge in [-0.3, -0.25) is 0 Å². The number of ether oxygens (including phenoxy) is 2. The van der Waals surface area contributed by atoms with Crippen LogP contribution in [-0.2, 0) is 9.47 Å². The van der Waals surface area contributed by atoms with Crippen molar-refractivity contribution in [2.45, 2.75) is 53.9 Å². The quantitative estimate of drug-likeness (QED) is 0.601. The van der Waals surface area contributed by atoms with Gasteiger partial charge in [-0.05, 0) is 32.9 Å². The molecule has 3 nitrogen and oxygen atoms in total. The molecule has 1 N–H and O–H groups in total. The van der Waals surface area contributed by atoms with Crippen LogP contribution in [0.3, 0.4) is 0 Å². The molecule has 17 heavy (non-hydrogen) atoms. The van der Waals surface area contributed by atoms with Crippen LogP contribution in [0.15, 0.2) is 0 Å². The first kappa shape index (κ1) is 22.1. The van der Waals surface area contributed by atoms with E-state index < -0.39 is 0 Å². The van der Waals surface area contributed by atoms with Gasteiger partial charge in [-0.25, -0.2) is 0 Å². The highest BCUT2D eigenvalue weighted by atomic mass is 16.5. The molecule has 108 valence electrons. The Balaban J connectivity index is -0.000000439. The lowest BCUT2D eigenvalue weighted by Crippen LogP contribution is -2.10. The third kappa shape index (κ3) is 31.3. The number of rotatable bonds is 10. The molecule has 0 amide bonds. The summed E-state index contributed by atoms with van der Waals surface area (Å²) in [7, 11) is 1.97. The van der Waals surface area contributed by atoms with Gasteiger partial charge < -0.3 is 14.8 Å². The highest BCUT2D eigenvalue weighted by molar-refractivity contribution is 4.41. The van der Waals surface area contributed by atoms with Gasteiger partial charge in [0.25, 0.3) is 0 Å². The molecule has 0 aromatic rings. The van der Waals surface area contributed by atoms with Gasteiger partial charge in [-0.1, -0.05) is 34.6 Å². The maximum Gasteiger partial charge on any atom is 0.0700 e. The summed E-state index contributed by atoms with van der Waals surface area (Å²) >= 11 is 0. The number of hydrogen-bond acceptors (Lipinski definition) is 3. The van der Waals surface area contributed by atoms with Gasteiger partial charge in [-0.2, -0.15) is 0 Å². The maximum absolute atomic E-state index is 5.37. The van der Waals surface area contributed by atoms with E-state index in [1.807, 2.05) is 34.7 Å². The van der Waals surface area contributed by atoms with E-state index in [9.17, 15) is 0 Å².